The second kappa shape index (κ2) is 7.78. The molecule has 34 heavy (non-hydrogen) atoms. The molecule has 2 aliphatic rings. The summed E-state index contributed by atoms with van der Waals surface area (Å²) in [7, 11) is -3.39. The maximum atomic E-state index is 13.4. The number of sulfone groups is 1. The van der Waals surface area contributed by atoms with E-state index >= 15 is 0 Å². The van der Waals surface area contributed by atoms with Crippen LogP contribution in [0.5, 0.6) is 0 Å². The predicted octanol–water partition coefficient (Wildman–Crippen LogP) is 4.51. The van der Waals surface area contributed by atoms with E-state index < -0.39 is 15.7 Å². The molecule has 10 heteroatoms. The lowest BCUT2D eigenvalue weighted by Gasteiger charge is -2.24. The summed E-state index contributed by atoms with van der Waals surface area (Å²) in [5.41, 5.74) is 4.00. The van der Waals surface area contributed by atoms with E-state index in [1.54, 1.807) is 29.2 Å². The second-order valence-corrected chi connectivity index (χ2v) is 11.1. The number of thioether (sulfide) groups is 1. The number of amidine groups is 2. The molecule has 0 fully saturated rings. The number of amides is 1. The van der Waals surface area contributed by atoms with Crippen LogP contribution >= 0.6 is 11.8 Å². The van der Waals surface area contributed by atoms with Gasteiger partial charge in [-0.15, -0.1) is 0 Å². The number of aryl methyl sites for hydroxylation is 1. The number of aliphatic imine (C=N–C) groups is 1. The summed E-state index contributed by atoms with van der Waals surface area (Å²) in [5.74, 6) is -0.887. The van der Waals surface area contributed by atoms with Gasteiger partial charge in [-0.05, 0) is 85.8 Å². The third kappa shape index (κ3) is 3.59. The van der Waals surface area contributed by atoms with Crippen molar-refractivity contribution in [3.05, 3.63) is 76.9 Å². The molecule has 0 saturated heterocycles. The number of nitrogens with one attached hydrogen (secondary N) is 1. The Morgan fingerprint density at radius 3 is 2.47 bits per heavy atom. The molecule has 0 bridgehead atoms. The van der Waals surface area contributed by atoms with E-state index in [2.05, 4.69) is 4.99 Å². The van der Waals surface area contributed by atoms with Gasteiger partial charge in [0.2, 0.25) is 0 Å². The number of carbonyl (C=O) groups is 1. The number of fused-ring (bicyclic) bond motifs is 3. The lowest BCUT2D eigenvalue weighted by molar-refractivity contribution is -0.113. The highest BCUT2D eigenvalue weighted by Gasteiger charge is 2.38. The van der Waals surface area contributed by atoms with Gasteiger partial charge in [0.15, 0.2) is 15.0 Å². The minimum atomic E-state index is -3.39. The Hall–Kier alpha value is -3.50. The van der Waals surface area contributed by atoms with Crippen molar-refractivity contribution in [2.24, 2.45) is 4.99 Å². The molecule has 0 atom stereocenters. The van der Waals surface area contributed by atoms with Gasteiger partial charge in [0.05, 0.1) is 16.2 Å². The second-order valence-electron chi connectivity index (χ2n) is 8.08. The van der Waals surface area contributed by atoms with E-state index in [-0.39, 0.29) is 22.1 Å². The number of rotatable bonds is 3. The molecule has 2 aromatic carbocycles. The SMILES string of the molecule is Cc1cc(/C=C2/C(=N)N3C(=NC2=O)Sc2cc(S(C)(=O)=O)ccc23)c(C)n1-c1ccc(F)cc1. The van der Waals surface area contributed by atoms with Crippen LogP contribution in [0.4, 0.5) is 10.1 Å². The minimum absolute atomic E-state index is 0.0278. The zero-order valence-corrected chi connectivity index (χ0v) is 20.1. The highest BCUT2D eigenvalue weighted by Crippen LogP contribution is 2.44. The summed E-state index contributed by atoms with van der Waals surface area (Å²) < 4.78 is 39.2. The molecular formula is C24H19FN4O3S2. The smallest absolute Gasteiger partial charge is 0.283 e. The zero-order chi connectivity index (χ0) is 24.4. The van der Waals surface area contributed by atoms with E-state index in [1.807, 2.05) is 24.5 Å². The molecule has 5 rings (SSSR count). The van der Waals surface area contributed by atoms with Crippen molar-refractivity contribution in [2.75, 3.05) is 11.2 Å². The van der Waals surface area contributed by atoms with Crippen molar-refractivity contribution in [3.8, 4) is 5.69 Å². The number of hydrogen-bond donors (Lipinski definition) is 1. The fourth-order valence-electron chi connectivity index (χ4n) is 4.10. The molecule has 1 aromatic heterocycles. The van der Waals surface area contributed by atoms with Gasteiger partial charge < -0.3 is 4.57 Å². The Morgan fingerprint density at radius 1 is 1.09 bits per heavy atom. The molecule has 2 aliphatic heterocycles. The Kier molecular flexibility index (Phi) is 5.10. The third-order valence-corrected chi connectivity index (χ3v) is 7.87. The van der Waals surface area contributed by atoms with Gasteiger partial charge >= 0.3 is 0 Å². The van der Waals surface area contributed by atoms with Crippen LogP contribution in [0, 0.1) is 25.1 Å². The molecule has 0 spiro atoms. The van der Waals surface area contributed by atoms with Crippen molar-refractivity contribution in [1.29, 1.82) is 5.41 Å². The first-order valence-electron chi connectivity index (χ1n) is 10.3. The molecule has 1 amide bonds. The number of aromatic nitrogens is 1. The standard InChI is InChI=1S/C24H19FN4O3S2/c1-13-10-15(14(2)28(13)17-6-4-16(25)5-7-17)11-19-22(26)29-20-9-8-18(34(3,31)32)12-21(20)33-24(29)27-23(19)30/h4-12,26H,1-3H3/b19-11-,26-22?. The molecule has 0 radical (unpaired) electrons. The van der Waals surface area contributed by atoms with E-state index in [4.69, 9.17) is 5.41 Å². The van der Waals surface area contributed by atoms with Crippen molar-refractivity contribution >= 4 is 50.3 Å². The van der Waals surface area contributed by atoms with Crippen LogP contribution in [0.15, 0.2) is 68.9 Å². The van der Waals surface area contributed by atoms with Crippen LogP contribution in [0.3, 0.4) is 0 Å². The van der Waals surface area contributed by atoms with Crippen LogP contribution < -0.4 is 4.90 Å². The molecule has 3 aromatic rings. The largest absolute Gasteiger partial charge is 0.318 e. The average molecular weight is 495 g/mol. The van der Waals surface area contributed by atoms with Crippen LogP contribution in [-0.4, -0.2) is 36.2 Å². The number of nitrogens with zero attached hydrogens (tertiary/aromatic N) is 3. The van der Waals surface area contributed by atoms with Gasteiger partial charge in [-0.3, -0.25) is 15.1 Å². The average Bonchev–Trinajstić information content (AvgIpc) is 3.27. The summed E-state index contributed by atoms with van der Waals surface area (Å²) in [6.07, 6.45) is 2.77. The van der Waals surface area contributed by atoms with Crippen LogP contribution in [0.2, 0.25) is 0 Å². The fraction of sp³-hybridized carbons (Fsp3) is 0.125. The van der Waals surface area contributed by atoms with Crippen LogP contribution in [-0.2, 0) is 14.6 Å². The Morgan fingerprint density at radius 2 is 1.79 bits per heavy atom. The lowest BCUT2D eigenvalue weighted by Crippen LogP contribution is -2.39. The first kappa shape index (κ1) is 22.3. The Bertz CT molecular complexity index is 1570. The molecule has 172 valence electrons. The predicted molar refractivity (Wildman–Crippen MR) is 131 cm³/mol. The van der Waals surface area contributed by atoms with Gasteiger partial charge in [0.1, 0.15) is 11.7 Å². The summed E-state index contributed by atoms with van der Waals surface area (Å²) in [6.45, 7) is 3.80. The normalized spacial score (nSPS) is 16.6. The number of carbonyl (C=O) groups excluding carboxylic acids is 1. The molecule has 7 nitrogen and oxygen atoms in total. The van der Waals surface area contributed by atoms with Crippen molar-refractivity contribution in [1.82, 2.24) is 4.57 Å². The van der Waals surface area contributed by atoms with Crippen LogP contribution in [0.25, 0.3) is 11.8 Å². The van der Waals surface area contributed by atoms with Crippen molar-refractivity contribution in [3.63, 3.8) is 0 Å². The summed E-state index contributed by atoms with van der Waals surface area (Å²) >= 11 is 1.16. The van der Waals surface area contributed by atoms with Crippen molar-refractivity contribution in [2.45, 2.75) is 23.6 Å². The van der Waals surface area contributed by atoms with Crippen molar-refractivity contribution < 1.29 is 17.6 Å². The summed E-state index contributed by atoms with van der Waals surface area (Å²) in [5, 5.41) is 9.08. The lowest BCUT2D eigenvalue weighted by atomic mass is 10.1. The fourth-order valence-corrected chi connectivity index (χ4v) is 5.88. The van der Waals surface area contributed by atoms with E-state index in [0.717, 1.165) is 40.7 Å². The van der Waals surface area contributed by atoms with Gasteiger partial charge in [0.25, 0.3) is 5.91 Å². The zero-order valence-electron chi connectivity index (χ0n) is 18.5. The first-order chi connectivity index (χ1) is 16.0. The van der Waals surface area contributed by atoms with Gasteiger partial charge in [0, 0.05) is 28.2 Å². The van der Waals surface area contributed by atoms with Gasteiger partial charge in [-0.2, -0.15) is 4.99 Å². The number of hydrogen-bond acceptors (Lipinski definition) is 5. The quantitative estimate of drug-likeness (QED) is 0.541. The topological polar surface area (TPSA) is 95.6 Å². The Balaban J connectivity index is 1.56. The molecule has 1 N–H and O–H groups in total. The number of benzene rings is 2. The van der Waals surface area contributed by atoms with E-state index in [1.165, 1.54) is 24.3 Å². The first-order valence-corrected chi connectivity index (χ1v) is 13.0. The van der Waals surface area contributed by atoms with E-state index in [9.17, 15) is 17.6 Å². The highest BCUT2D eigenvalue weighted by molar-refractivity contribution is 8.15. The van der Waals surface area contributed by atoms with E-state index in [0.29, 0.717) is 15.8 Å². The van der Waals surface area contributed by atoms with Gasteiger partial charge in [-0.25, -0.2) is 12.8 Å². The third-order valence-electron chi connectivity index (χ3n) is 5.75. The highest BCUT2D eigenvalue weighted by atomic mass is 32.2. The summed E-state index contributed by atoms with van der Waals surface area (Å²) in [4.78, 5) is 19.4. The maximum absolute atomic E-state index is 13.4. The summed E-state index contributed by atoms with van der Waals surface area (Å²) in [6, 6.07) is 12.7. The molecule has 3 heterocycles. The molecule has 0 saturated carbocycles. The maximum Gasteiger partial charge on any atom is 0.283 e. The van der Waals surface area contributed by atoms with Gasteiger partial charge in [-0.1, -0.05) is 0 Å². The minimum Gasteiger partial charge on any atom is -0.318 e. The number of anilines is 1. The molecular weight excluding hydrogens is 475 g/mol. The number of halogens is 1. The molecule has 0 unspecified atom stereocenters. The molecule has 0 aliphatic carbocycles. The Labute approximate surface area is 200 Å². The van der Waals surface area contributed by atoms with Crippen LogP contribution in [0.1, 0.15) is 17.0 Å². The monoisotopic (exact) mass is 494 g/mol.